The number of carbonyl (C=O) groups excluding carboxylic acids is 1. The largest absolute Gasteiger partial charge is 0.465 e. The molecule has 0 fully saturated rings. The molecule has 0 saturated heterocycles. The maximum Gasteiger partial charge on any atom is 0.327 e. The Morgan fingerprint density at radius 2 is 1.82 bits per heavy atom. The zero-order valence-electron chi connectivity index (χ0n) is 12.2. The van der Waals surface area contributed by atoms with Gasteiger partial charge in [-0.2, -0.15) is 0 Å². The van der Waals surface area contributed by atoms with Gasteiger partial charge in [0.25, 0.3) is 0 Å². The summed E-state index contributed by atoms with van der Waals surface area (Å²) in [5, 5.41) is 3.32. The molecule has 0 aliphatic rings. The number of carbonyl (C=O) groups is 1. The van der Waals surface area contributed by atoms with Gasteiger partial charge in [0.15, 0.2) is 0 Å². The third kappa shape index (κ3) is 5.50. The van der Waals surface area contributed by atoms with Gasteiger partial charge < -0.3 is 9.64 Å². The normalized spacial score (nSPS) is 15.1. The van der Waals surface area contributed by atoms with Gasteiger partial charge in [-0.25, -0.2) is 0 Å². The zero-order valence-corrected chi connectivity index (χ0v) is 12.2. The number of hydrogen-bond acceptors (Lipinski definition) is 4. The van der Waals surface area contributed by atoms with Crippen LogP contribution >= 0.6 is 0 Å². The molecule has 0 spiro atoms. The molecule has 102 valence electrons. The highest BCUT2D eigenvalue weighted by molar-refractivity contribution is 5.80. The summed E-state index contributed by atoms with van der Waals surface area (Å²) in [4.78, 5) is 14.3. The van der Waals surface area contributed by atoms with Gasteiger partial charge in [-0.1, -0.05) is 13.8 Å². The molecule has 1 atom stereocenters. The van der Waals surface area contributed by atoms with Crippen LogP contribution in [0.1, 0.15) is 41.5 Å². The Labute approximate surface area is 106 Å². The van der Waals surface area contributed by atoms with E-state index in [4.69, 9.17) is 4.74 Å². The Morgan fingerprint density at radius 3 is 2.18 bits per heavy atom. The van der Waals surface area contributed by atoms with Crippen molar-refractivity contribution in [3.8, 4) is 0 Å². The second-order valence-corrected chi connectivity index (χ2v) is 4.81. The van der Waals surface area contributed by atoms with E-state index in [0.29, 0.717) is 13.2 Å². The fraction of sp³-hybridized carbons (Fsp3) is 0.923. The van der Waals surface area contributed by atoms with Crippen LogP contribution in [0.5, 0.6) is 0 Å². The molecule has 0 aromatic heterocycles. The number of rotatable bonds is 8. The maximum atomic E-state index is 12.1. The number of esters is 1. The molecule has 0 aromatic rings. The number of nitrogens with one attached hydrogen (secondary N) is 1. The van der Waals surface area contributed by atoms with E-state index in [9.17, 15) is 4.79 Å². The Bertz CT molecular complexity index is 227. The van der Waals surface area contributed by atoms with Crippen molar-refractivity contribution in [3.63, 3.8) is 0 Å². The summed E-state index contributed by atoms with van der Waals surface area (Å²) in [6.07, 6.45) is 0. The van der Waals surface area contributed by atoms with Gasteiger partial charge >= 0.3 is 5.97 Å². The number of hydrogen-bond donors (Lipinski definition) is 1. The molecule has 1 unspecified atom stereocenters. The number of ether oxygens (including phenoxy) is 1. The van der Waals surface area contributed by atoms with Gasteiger partial charge in [-0.3, -0.25) is 10.1 Å². The highest BCUT2D eigenvalue weighted by Gasteiger charge is 2.36. The predicted octanol–water partition coefficient (Wildman–Crippen LogP) is 1.65. The van der Waals surface area contributed by atoms with Crippen LogP contribution in [0.15, 0.2) is 0 Å². The summed E-state index contributed by atoms with van der Waals surface area (Å²) in [6, 6.07) is 0.250. The molecular formula is C13H28N2O2. The molecule has 4 nitrogen and oxygen atoms in total. The summed E-state index contributed by atoms with van der Waals surface area (Å²) >= 11 is 0. The highest BCUT2D eigenvalue weighted by atomic mass is 16.5. The van der Waals surface area contributed by atoms with E-state index in [0.717, 1.165) is 13.1 Å². The van der Waals surface area contributed by atoms with Gasteiger partial charge in [0.05, 0.1) is 6.61 Å². The monoisotopic (exact) mass is 244 g/mol. The van der Waals surface area contributed by atoms with E-state index >= 15 is 0 Å². The Morgan fingerprint density at radius 1 is 1.29 bits per heavy atom. The van der Waals surface area contributed by atoms with E-state index in [2.05, 4.69) is 24.1 Å². The second kappa shape index (κ2) is 7.67. The lowest BCUT2D eigenvalue weighted by Gasteiger charge is -2.35. The lowest BCUT2D eigenvalue weighted by Crippen LogP contribution is -2.59. The first-order chi connectivity index (χ1) is 7.89. The quantitative estimate of drug-likeness (QED) is 0.659. The molecule has 17 heavy (non-hydrogen) atoms. The van der Waals surface area contributed by atoms with Crippen LogP contribution in [0.25, 0.3) is 0 Å². The summed E-state index contributed by atoms with van der Waals surface area (Å²) in [6.45, 7) is 15.0. The molecule has 0 saturated carbocycles. The molecular weight excluding hydrogens is 216 g/mol. The fourth-order valence-electron chi connectivity index (χ4n) is 1.99. The van der Waals surface area contributed by atoms with Crippen molar-refractivity contribution in [3.05, 3.63) is 0 Å². The van der Waals surface area contributed by atoms with Crippen LogP contribution in [0.3, 0.4) is 0 Å². The summed E-state index contributed by atoms with van der Waals surface area (Å²) in [5.74, 6) is -0.166. The molecule has 0 radical (unpaired) electrons. The SMILES string of the molecule is CCOC(=O)C(C)(CN(CC)CC)NC(C)C. The third-order valence-corrected chi connectivity index (χ3v) is 2.77. The lowest BCUT2D eigenvalue weighted by molar-refractivity contribution is -0.151. The number of likely N-dealkylation sites (N-methyl/N-ethyl adjacent to an activating group) is 1. The van der Waals surface area contributed by atoms with Crippen LogP contribution in [-0.2, 0) is 9.53 Å². The summed E-state index contributed by atoms with van der Waals surface area (Å²) < 4.78 is 5.17. The van der Waals surface area contributed by atoms with E-state index < -0.39 is 5.54 Å². The van der Waals surface area contributed by atoms with Crippen LogP contribution in [0.4, 0.5) is 0 Å². The molecule has 0 bridgehead atoms. The zero-order chi connectivity index (χ0) is 13.5. The van der Waals surface area contributed by atoms with Crippen molar-refractivity contribution in [2.75, 3.05) is 26.2 Å². The summed E-state index contributed by atoms with van der Waals surface area (Å²) in [5.41, 5.74) is -0.629. The minimum absolute atomic E-state index is 0.166. The molecule has 0 aliphatic carbocycles. The number of nitrogens with zero attached hydrogens (tertiary/aromatic N) is 1. The smallest absolute Gasteiger partial charge is 0.327 e. The maximum absolute atomic E-state index is 12.1. The van der Waals surface area contributed by atoms with Crippen LogP contribution in [0.2, 0.25) is 0 Å². The van der Waals surface area contributed by atoms with Gasteiger partial charge in [-0.05, 0) is 40.8 Å². The third-order valence-electron chi connectivity index (χ3n) is 2.77. The van der Waals surface area contributed by atoms with E-state index in [1.54, 1.807) is 0 Å². The van der Waals surface area contributed by atoms with E-state index in [1.807, 2.05) is 27.7 Å². The molecule has 0 aliphatic heterocycles. The first kappa shape index (κ1) is 16.4. The van der Waals surface area contributed by atoms with Gasteiger partial charge in [0, 0.05) is 12.6 Å². The first-order valence-corrected chi connectivity index (χ1v) is 6.56. The van der Waals surface area contributed by atoms with E-state index in [1.165, 1.54) is 0 Å². The van der Waals surface area contributed by atoms with Crippen molar-refractivity contribution in [1.29, 1.82) is 0 Å². The first-order valence-electron chi connectivity index (χ1n) is 6.56. The highest BCUT2D eigenvalue weighted by Crippen LogP contribution is 2.11. The van der Waals surface area contributed by atoms with E-state index in [-0.39, 0.29) is 12.0 Å². The fourth-order valence-corrected chi connectivity index (χ4v) is 1.99. The minimum atomic E-state index is -0.629. The minimum Gasteiger partial charge on any atom is -0.465 e. The topological polar surface area (TPSA) is 41.6 Å². The van der Waals surface area contributed by atoms with Crippen molar-refractivity contribution >= 4 is 5.97 Å². The van der Waals surface area contributed by atoms with Crippen molar-refractivity contribution in [2.24, 2.45) is 0 Å². The van der Waals surface area contributed by atoms with Crippen LogP contribution in [0, 0.1) is 0 Å². The van der Waals surface area contributed by atoms with Crippen molar-refractivity contribution in [1.82, 2.24) is 10.2 Å². The molecule has 4 heteroatoms. The Kier molecular flexibility index (Phi) is 7.39. The average Bonchev–Trinajstić information content (AvgIpc) is 2.25. The Balaban J connectivity index is 4.76. The molecule has 0 aromatic carbocycles. The predicted molar refractivity (Wildman–Crippen MR) is 71.1 cm³/mol. The standard InChI is InChI=1S/C13H28N2O2/c1-7-15(8-2)10-13(6,14-11(4)5)12(16)17-9-3/h11,14H,7-10H2,1-6H3. The average molecular weight is 244 g/mol. The van der Waals surface area contributed by atoms with Gasteiger partial charge in [0.2, 0.25) is 0 Å². The van der Waals surface area contributed by atoms with Gasteiger partial charge in [-0.15, -0.1) is 0 Å². The van der Waals surface area contributed by atoms with Crippen LogP contribution < -0.4 is 5.32 Å². The lowest BCUT2D eigenvalue weighted by atomic mass is 10.0. The molecule has 1 N–H and O–H groups in total. The Hall–Kier alpha value is -0.610. The van der Waals surface area contributed by atoms with Crippen LogP contribution in [-0.4, -0.2) is 48.7 Å². The molecule has 0 heterocycles. The second-order valence-electron chi connectivity index (χ2n) is 4.81. The molecule has 0 amide bonds. The summed E-state index contributed by atoms with van der Waals surface area (Å²) in [7, 11) is 0. The van der Waals surface area contributed by atoms with Gasteiger partial charge in [0.1, 0.15) is 5.54 Å². The van der Waals surface area contributed by atoms with Crippen molar-refractivity contribution in [2.45, 2.75) is 53.1 Å². The van der Waals surface area contributed by atoms with Crippen molar-refractivity contribution < 1.29 is 9.53 Å². The molecule has 0 rings (SSSR count).